The maximum atomic E-state index is 12.2. The number of benzene rings is 1. The van der Waals surface area contributed by atoms with Crippen LogP contribution in [0.2, 0.25) is 0 Å². The Balaban J connectivity index is 1.23. The van der Waals surface area contributed by atoms with Gasteiger partial charge in [0.15, 0.2) is 5.41 Å². The molecule has 140 valence electrons. The van der Waals surface area contributed by atoms with Gasteiger partial charge in [-0.3, -0.25) is 9.59 Å². The molecule has 0 spiro atoms. The quantitative estimate of drug-likeness (QED) is 0.544. The number of ether oxygens (including phenoxy) is 3. The number of carbonyl (C=O) groups is 2. The van der Waals surface area contributed by atoms with E-state index in [1.807, 2.05) is 24.3 Å². The lowest BCUT2D eigenvalue weighted by Gasteiger charge is -2.27. The molecular formula is C21H21NO5. The van der Waals surface area contributed by atoms with Gasteiger partial charge in [-0.2, -0.15) is 5.26 Å². The zero-order valence-electron chi connectivity index (χ0n) is 14.9. The minimum absolute atomic E-state index is 0.0367. The monoisotopic (exact) mass is 367 g/mol. The average molecular weight is 367 g/mol. The molecule has 1 aromatic rings. The topological polar surface area (TPSA) is 85.6 Å². The van der Waals surface area contributed by atoms with Gasteiger partial charge in [0.05, 0.1) is 12.7 Å². The highest BCUT2D eigenvalue weighted by atomic mass is 16.6. The van der Waals surface area contributed by atoms with E-state index in [1.54, 1.807) is 6.08 Å². The number of hydrogen-bond acceptors (Lipinski definition) is 6. The molecule has 2 aliphatic carbocycles. The summed E-state index contributed by atoms with van der Waals surface area (Å²) in [6.45, 7) is 4.11. The van der Waals surface area contributed by atoms with Crippen LogP contribution >= 0.6 is 0 Å². The van der Waals surface area contributed by atoms with E-state index in [1.165, 1.54) is 0 Å². The van der Waals surface area contributed by atoms with Gasteiger partial charge in [-0.1, -0.05) is 24.8 Å². The van der Waals surface area contributed by atoms with Crippen LogP contribution in [0.4, 0.5) is 0 Å². The predicted molar refractivity (Wildman–Crippen MR) is 95.3 cm³/mol. The van der Waals surface area contributed by atoms with E-state index in [9.17, 15) is 14.9 Å². The van der Waals surface area contributed by atoms with Crippen molar-refractivity contribution < 1.29 is 23.8 Å². The molecule has 0 amide bonds. The Bertz CT molecular complexity index is 811. The summed E-state index contributed by atoms with van der Waals surface area (Å²) in [5.74, 6) is -0.122. The van der Waals surface area contributed by atoms with E-state index in [-0.39, 0.29) is 24.2 Å². The van der Waals surface area contributed by atoms with E-state index in [4.69, 9.17) is 14.2 Å². The van der Waals surface area contributed by atoms with Gasteiger partial charge in [-0.25, -0.2) is 0 Å². The standard InChI is InChI=1S/C21H21NO5/c1-2-13-5-7-15(8-6-13)25-9-3-4-17(23)26-18-14-10-16-19(18)27-20(24)21(16,11-14)12-22/h2,5-8,14,16,18-19H,1,3-4,9-11H2. The molecule has 0 radical (unpaired) electrons. The van der Waals surface area contributed by atoms with Crippen molar-refractivity contribution in [2.24, 2.45) is 17.3 Å². The summed E-state index contributed by atoms with van der Waals surface area (Å²) >= 11 is 0. The summed E-state index contributed by atoms with van der Waals surface area (Å²) in [6.07, 6.45) is 2.81. The van der Waals surface area contributed by atoms with Crippen molar-refractivity contribution in [2.45, 2.75) is 37.9 Å². The molecule has 0 aromatic heterocycles. The summed E-state index contributed by atoms with van der Waals surface area (Å²) in [5, 5.41) is 9.39. The van der Waals surface area contributed by atoms with Crippen LogP contribution in [0.15, 0.2) is 30.8 Å². The highest BCUT2D eigenvalue weighted by molar-refractivity contribution is 5.84. The second-order valence-corrected chi connectivity index (χ2v) is 7.44. The van der Waals surface area contributed by atoms with Crippen LogP contribution in [0.1, 0.15) is 31.2 Å². The zero-order chi connectivity index (χ0) is 19.0. The molecule has 6 heteroatoms. The first-order valence-corrected chi connectivity index (χ1v) is 9.24. The van der Waals surface area contributed by atoms with Crippen molar-refractivity contribution in [1.82, 2.24) is 0 Å². The molecule has 1 aromatic carbocycles. The summed E-state index contributed by atoms with van der Waals surface area (Å²) in [7, 11) is 0. The maximum absolute atomic E-state index is 12.2. The van der Waals surface area contributed by atoms with E-state index in [0.29, 0.717) is 25.9 Å². The fraction of sp³-hybridized carbons (Fsp3) is 0.476. The lowest BCUT2D eigenvalue weighted by Crippen LogP contribution is -2.39. The number of rotatable bonds is 7. The predicted octanol–water partition coefficient (Wildman–Crippen LogP) is 2.88. The number of carbonyl (C=O) groups excluding carboxylic acids is 2. The first kappa shape index (κ1) is 17.6. The molecule has 27 heavy (non-hydrogen) atoms. The molecule has 2 saturated carbocycles. The van der Waals surface area contributed by atoms with Gasteiger partial charge >= 0.3 is 11.9 Å². The van der Waals surface area contributed by atoms with Gasteiger partial charge in [-0.05, 0) is 37.0 Å². The third-order valence-electron chi connectivity index (χ3n) is 5.94. The van der Waals surface area contributed by atoms with Crippen LogP contribution in [0.5, 0.6) is 5.75 Å². The third kappa shape index (κ3) is 2.87. The van der Waals surface area contributed by atoms with Gasteiger partial charge in [0.1, 0.15) is 18.0 Å². The van der Waals surface area contributed by atoms with Gasteiger partial charge in [0.2, 0.25) is 0 Å². The minimum Gasteiger partial charge on any atom is -0.494 e. The number of nitriles is 1. The first-order chi connectivity index (χ1) is 13.1. The van der Waals surface area contributed by atoms with Crippen LogP contribution < -0.4 is 4.74 Å². The molecule has 2 bridgehead atoms. The van der Waals surface area contributed by atoms with Crippen LogP contribution in [-0.2, 0) is 19.1 Å². The molecule has 1 heterocycles. The maximum Gasteiger partial charge on any atom is 0.327 e. The van der Waals surface area contributed by atoms with Gasteiger partial charge in [0.25, 0.3) is 0 Å². The van der Waals surface area contributed by atoms with Crippen LogP contribution in [0.25, 0.3) is 6.08 Å². The fourth-order valence-corrected chi connectivity index (χ4v) is 4.61. The lowest BCUT2D eigenvalue weighted by atomic mass is 9.75. The van der Waals surface area contributed by atoms with Crippen molar-refractivity contribution in [3.8, 4) is 11.8 Å². The Labute approximate surface area is 157 Å². The molecule has 4 rings (SSSR count). The summed E-state index contributed by atoms with van der Waals surface area (Å²) < 4.78 is 16.6. The second-order valence-electron chi connectivity index (χ2n) is 7.44. The lowest BCUT2D eigenvalue weighted by molar-refractivity contribution is -0.162. The normalized spacial score (nSPS) is 32.6. The molecule has 0 N–H and O–H groups in total. The SMILES string of the molecule is C=Cc1ccc(OCCCC(=O)OC2C3CC4C2OC(=O)C4(C#N)C3)cc1. The van der Waals surface area contributed by atoms with Crippen molar-refractivity contribution in [3.63, 3.8) is 0 Å². The van der Waals surface area contributed by atoms with E-state index < -0.39 is 23.6 Å². The third-order valence-corrected chi connectivity index (χ3v) is 5.94. The second kappa shape index (κ2) is 6.73. The highest BCUT2D eigenvalue weighted by Gasteiger charge is 2.72. The smallest absolute Gasteiger partial charge is 0.327 e. The Hall–Kier alpha value is -2.81. The largest absolute Gasteiger partial charge is 0.494 e. The number of hydrogen-bond donors (Lipinski definition) is 0. The molecular weight excluding hydrogens is 346 g/mol. The summed E-state index contributed by atoms with van der Waals surface area (Å²) in [5.41, 5.74) is 0.0116. The van der Waals surface area contributed by atoms with Crippen molar-refractivity contribution in [3.05, 3.63) is 36.4 Å². The number of esters is 2. The molecule has 3 aliphatic rings. The van der Waals surface area contributed by atoms with Crippen LogP contribution in [0.3, 0.4) is 0 Å². The number of fused-ring (bicyclic) bond motifs is 1. The van der Waals surface area contributed by atoms with Crippen molar-refractivity contribution in [1.29, 1.82) is 5.26 Å². The Morgan fingerprint density at radius 2 is 2.19 bits per heavy atom. The minimum atomic E-state index is -1.01. The molecule has 1 aliphatic heterocycles. The average Bonchev–Trinajstić information content (AvgIpc) is 3.28. The van der Waals surface area contributed by atoms with Gasteiger partial charge < -0.3 is 14.2 Å². The molecule has 5 unspecified atom stereocenters. The first-order valence-electron chi connectivity index (χ1n) is 9.24. The number of nitrogens with zero attached hydrogens (tertiary/aromatic N) is 1. The van der Waals surface area contributed by atoms with Crippen LogP contribution in [0, 0.1) is 28.6 Å². The van der Waals surface area contributed by atoms with Crippen molar-refractivity contribution >= 4 is 18.0 Å². The van der Waals surface area contributed by atoms with Crippen molar-refractivity contribution in [2.75, 3.05) is 6.61 Å². The fourth-order valence-electron chi connectivity index (χ4n) is 4.61. The highest BCUT2D eigenvalue weighted by Crippen LogP contribution is 2.62. The van der Waals surface area contributed by atoms with E-state index in [2.05, 4.69) is 12.6 Å². The Kier molecular flexibility index (Phi) is 4.39. The molecule has 1 saturated heterocycles. The molecule has 5 atom stereocenters. The summed E-state index contributed by atoms with van der Waals surface area (Å²) in [6, 6.07) is 9.70. The van der Waals surface area contributed by atoms with Gasteiger partial charge in [-0.15, -0.1) is 0 Å². The van der Waals surface area contributed by atoms with Gasteiger partial charge in [0, 0.05) is 18.3 Å². The Morgan fingerprint density at radius 1 is 1.41 bits per heavy atom. The Morgan fingerprint density at radius 3 is 2.89 bits per heavy atom. The van der Waals surface area contributed by atoms with E-state index in [0.717, 1.165) is 11.3 Å². The molecule has 3 fully saturated rings. The zero-order valence-corrected chi connectivity index (χ0v) is 14.9. The molecule has 6 nitrogen and oxygen atoms in total. The van der Waals surface area contributed by atoms with E-state index >= 15 is 0 Å². The van der Waals surface area contributed by atoms with Crippen LogP contribution in [-0.4, -0.2) is 30.8 Å². The summed E-state index contributed by atoms with van der Waals surface area (Å²) in [4.78, 5) is 24.2.